The van der Waals surface area contributed by atoms with Crippen LogP contribution in [0.25, 0.3) is 6.08 Å². The Hall–Kier alpha value is -1.67. The second kappa shape index (κ2) is 5.60. The molecule has 2 rings (SSSR count). The molecule has 0 amide bonds. The highest BCUT2D eigenvalue weighted by molar-refractivity contribution is 9.10. The van der Waals surface area contributed by atoms with Gasteiger partial charge in [0, 0.05) is 4.47 Å². The van der Waals surface area contributed by atoms with Crippen LogP contribution < -0.4 is 0 Å². The molecular weight excluding hydrogens is 274 g/mol. The van der Waals surface area contributed by atoms with Gasteiger partial charge in [0.05, 0.1) is 5.71 Å². The summed E-state index contributed by atoms with van der Waals surface area (Å²) in [6.45, 7) is 0. The molecule has 0 saturated heterocycles. The molecule has 2 aromatic rings. The van der Waals surface area contributed by atoms with E-state index in [2.05, 4.69) is 15.9 Å². The third kappa shape index (κ3) is 3.14. The fraction of sp³-hybridized carbons (Fsp3) is 0. The van der Waals surface area contributed by atoms with Crippen molar-refractivity contribution in [3.05, 3.63) is 76.3 Å². The van der Waals surface area contributed by atoms with Crippen LogP contribution in [0.1, 0.15) is 11.1 Å². The summed E-state index contributed by atoms with van der Waals surface area (Å²) in [6.07, 6.45) is 3.76. The molecule has 0 radical (unpaired) electrons. The van der Waals surface area contributed by atoms with E-state index < -0.39 is 0 Å². The lowest BCUT2D eigenvalue weighted by molar-refractivity contribution is 1.49. The number of benzene rings is 2. The van der Waals surface area contributed by atoms with E-state index in [1.165, 1.54) is 0 Å². The maximum absolute atomic E-state index is 7.95. The first-order chi connectivity index (χ1) is 8.27. The molecule has 0 saturated carbocycles. The number of halogens is 1. The van der Waals surface area contributed by atoms with Crippen molar-refractivity contribution in [1.29, 1.82) is 5.41 Å². The molecule has 1 N–H and O–H groups in total. The molecule has 0 atom stereocenters. The molecule has 2 heteroatoms. The fourth-order valence-electron chi connectivity index (χ4n) is 1.50. The third-order valence-electron chi connectivity index (χ3n) is 2.42. The second-order valence-corrected chi connectivity index (χ2v) is 4.49. The first kappa shape index (κ1) is 11.8. The van der Waals surface area contributed by atoms with Crippen molar-refractivity contribution in [2.24, 2.45) is 0 Å². The van der Waals surface area contributed by atoms with Gasteiger partial charge in [-0.1, -0.05) is 70.5 Å². The van der Waals surface area contributed by atoms with Crippen LogP contribution in [0.2, 0.25) is 0 Å². The Bertz CT molecular complexity index is 544. The zero-order valence-electron chi connectivity index (χ0n) is 9.23. The van der Waals surface area contributed by atoms with Crippen molar-refractivity contribution >= 4 is 27.7 Å². The molecule has 1 nitrogen and oxygen atoms in total. The average molecular weight is 286 g/mol. The minimum absolute atomic E-state index is 0.515. The Morgan fingerprint density at radius 1 is 0.941 bits per heavy atom. The summed E-state index contributed by atoms with van der Waals surface area (Å²) in [7, 11) is 0. The Morgan fingerprint density at radius 2 is 1.59 bits per heavy atom. The topological polar surface area (TPSA) is 23.9 Å². The highest BCUT2D eigenvalue weighted by atomic mass is 79.9. The highest BCUT2D eigenvalue weighted by Gasteiger charge is 1.96. The zero-order chi connectivity index (χ0) is 12.1. The SMILES string of the molecule is N=C(C=Cc1ccccc1Br)c1ccccc1. The van der Waals surface area contributed by atoms with Crippen LogP contribution in [0, 0.1) is 5.41 Å². The van der Waals surface area contributed by atoms with Crippen LogP contribution in [0.3, 0.4) is 0 Å². The van der Waals surface area contributed by atoms with Crippen molar-refractivity contribution in [3.63, 3.8) is 0 Å². The Kier molecular flexibility index (Phi) is 3.89. The summed E-state index contributed by atoms with van der Waals surface area (Å²) >= 11 is 3.48. The summed E-state index contributed by atoms with van der Waals surface area (Å²) in [5.41, 5.74) is 2.52. The van der Waals surface area contributed by atoms with E-state index in [0.717, 1.165) is 15.6 Å². The van der Waals surface area contributed by atoms with Crippen LogP contribution in [-0.4, -0.2) is 5.71 Å². The summed E-state index contributed by atoms with van der Waals surface area (Å²) in [6, 6.07) is 17.7. The van der Waals surface area contributed by atoms with Crippen molar-refractivity contribution in [3.8, 4) is 0 Å². The third-order valence-corrected chi connectivity index (χ3v) is 3.14. The van der Waals surface area contributed by atoms with Crippen molar-refractivity contribution in [2.75, 3.05) is 0 Å². The molecule has 84 valence electrons. The Balaban J connectivity index is 2.17. The Morgan fingerprint density at radius 3 is 2.29 bits per heavy atom. The maximum atomic E-state index is 7.95. The highest BCUT2D eigenvalue weighted by Crippen LogP contribution is 2.17. The number of hydrogen-bond acceptors (Lipinski definition) is 1. The number of allylic oxidation sites excluding steroid dienone is 1. The van der Waals surface area contributed by atoms with Gasteiger partial charge in [0.1, 0.15) is 0 Å². The summed E-state index contributed by atoms with van der Waals surface area (Å²) in [4.78, 5) is 0. The van der Waals surface area contributed by atoms with Gasteiger partial charge in [-0.25, -0.2) is 0 Å². The first-order valence-corrected chi connectivity index (χ1v) is 6.13. The van der Waals surface area contributed by atoms with Crippen molar-refractivity contribution in [1.82, 2.24) is 0 Å². The van der Waals surface area contributed by atoms with E-state index >= 15 is 0 Å². The van der Waals surface area contributed by atoms with Gasteiger partial charge in [-0.05, 0) is 23.3 Å². The molecular formula is C15H12BrN. The predicted octanol–water partition coefficient (Wildman–Crippen LogP) is 4.53. The largest absolute Gasteiger partial charge is 0.300 e. The lowest BCUT2D eigenvalue weighted by atomic mass is 10.1. The van der Waals surface area contributed by atoms with Crippen LogP contribution in [0.4, 0.5) is 0 Å². The van der Waals surface area contributed by atoms with E-state index in [1.807, 2.05) is 66.7 Å². The number of nitrogens with one attached hydrogen (secondary N) is 1. The Labute approximate surface area is 109 Å². The average Bonchev–Trinajstić information content (AvgIpc) is 2.38. The van der Waals surface area contributed by atoms with E-state index in [0.29, 0.717) is 5.71 Å². The van der Waals surface area contributed by atoms with Crippen molar-refractivity contribution < 1.29 is 0 Å². The predicted molar refractivity (Wildman–Crippen MR) is 76.4 cm³/mol. The number of rotatable bonds is 3. The van der Waals surface area contributed by atoms with Gasteiger partial charge in [-0.2, -0.15) is 0 Å². The smallest absolute Gasteiger partial charge is 0.0612 e. The summed E-state index contributed by atoms with van der Waals surface area (Å²) in [5.74, 6) is 0. The normalized spacial score (nSPS) is 10.6. The molecule has 0 bridgehead atoms. The molecule has 0 aliphatic carbocycles. The molecule has 0 heterocycles. The summed E-state index contributed by atoms with van der Waals surface area (Å²) < 4.78 is 1.04. The standard InChI is InChI=1S/C15H12BrN/c16-14-9-5-4-6-12(14)10-11-15(17)13-7-2-1-3-8-13/h1-11,17H. The van der Waals surface area contributed by atoms with Crippen LogP contribution >= 0.6 is 15.9 Å². The van der Waals surface area contributed by atoms with Gasteiger partial charge < -0.3 is 5.41 Å². The van der Waals surface area contributed by atoms with Crippen LogP contribution in [0.5, 0.6) is 0 Å². The second-order valence-electron chi connectivity index (χ2n) is 3.63. The van der Waals surface area contributed by atoms with Gasteiger partial charge in [0.25, 0.3) is 0 Å². The lowest BCUT2D eigenvalue weighted by Crippen LogP contribution is -1.92. The minimum atomic E-state index is 0.515. The van der Waals surface area contributed by atoms with Gasteiger partial charge in [-0.3, -0.25) is 0 Å². The molecule has 0 fully saturated rings. The van der Waals surface area contributed by atoms with Gasteiger partial charge in [0.15, 0.2) is 0 Å². The van der Waals surface area contributed by atoms with Gasteiger partial charge in [0.2, 0.25) is 0 Å². The van der Waals surface area contributed by atoms with Crippen LogP contribution in [0.15, 0.2) is 65.1 Å². The molecule has 0 unspecified atom stereocenters. The monoisotopic (exact) mass is 285 g/mol. The van der Waals surface area contributed by atoms with E-state index in [-0.39, 0.29) is 0 Å². The minimum Gasteiger partial charge on any atom is -0.300 e. The van der Waals surface area contributed by atoms with E-state index in [4.69, 9.17) is 5.41 Å². The number of hydrogen-bond donors (Lipinski definition) is 1. The molecule has 0 spiro atoms. The molecule has 0 aliphatic heterocycles. The fourth-order valence-corrected chi connectivity index (χ4v) is 1.91. The van der Waals surface area contributed by atoms with Gasteiger partial charge >= 0.3 is 0 Å². The first-order valence-electron chi connectivity index (χ1n) is 5.34. The molecule has 2 aromatic carbocycles. The lowest BCUT2D eigenvalue weighted by Gasteiger charge is -1.99. The van der Waals surface area contributed by atoms with E-state index in [9.17, 15) is 0 Å². The van der Waals surface area contributed by atoms with Gasteiger partial charge in [-0.15, -0.1) is 0 Å². The zero-order valence-corrected chi connectivity index (χ0v) is 10.8. The molecule has 0 aliphatic rings. The van der Waals surface area contributed by atoms with Crippen molar-refractivity contribution in [2.45, 2.75) is 0 Å². The molecule has 17 heavy (non-hydrogen) atoms. The van der Waals surface area contributed by atoms with Crippen LogP contribution in [-0.2, 0) is 0 Å². The van der Waals surface area contributed by atoms with E-state index in [1.54, 1.807) is 0 Å². The quantitative estimate of drug-likeness (QED) is 0.801. The summed E-state index contributed by atoms with van der Waals surface area (Å²) in [5, 5.41) is 7.95. The maximum Gasteiger partial charge on any atom is 0.0612 e. The molecule has 0 aromatic heterocycles.